The smallest absolute Gasteiger partial charge is 0.127 e. The zero-order chi connectivity index (χ0) is 12.1. The summed E-state index contributed by atoms with van der Waals surface area (Å²) in [6, 6.07) is 7.81. The second-order valence-electron chi connectivity index (χ2n) is 3.96. The van der Waals surface area contributed by atoms with E-state index in [0.717, 1.165) is 17.1 Å². The van der Waals surface area contributed by atoms with Crippen LogP contribution in [0.2, 0.25) is 5.02 Å². The van der Waals surface area contributed by atoms with E-state index in [9.17, 15) is 0 Å². The Labute approximate surface area is 102 Å². The van der Waals surface area contributed by atoms with Crippen LogP contribution in [0.4, 0.5) is 5.69 Å². The summed E-state index contributed by atoms with van der Waals surface area (Å²) < 4.78 is 0. The first-order chi connectivity index (χ1) is 7.50. The Balaban J connectivity index is 2.93. The summed E-state index contributed by atoms with van der Waals surface area (Å²) in [5.74, 6) is 0.781. The molecule has 0 atom stereocenters. The van der Waals surface area contributed by atoms with Crippen LogP contribution < -0.4 is 5.32 Å². The topological polar surface area (TPSA) is 24.4 Å². The lowest BCUT2D eigenvalue weighted by Crippen LogP contribution is -2.15. The Kier molecular flexibility index (Phi) is 4.56. The van der Waals surface area contributed by atoms with Gasteiger partial charge in [-0.3, -0.25) is 4.99 Å². The molecule has 0 spiro atoms. The molecule has 1 aromatic rings. The standard InChI is InChI=1S/C13H17ClN2/c1-9(2)13(15-10(3)4)16-12-8-6-5-7-11(12)14/h5-8,10H,1H2,2-4H3,(H,15,16). The number of halogens is 1. The normalized spacial score (nSPS) is 11.7. The van der Waals surface area contributed by atoms with Gasteiger partial charge < -0.3 is 5.32 Å². The number of aliphatic imine (C=N–C) groups is 1. The van der Waals surface area contributed by atoms with Crippen molar-refractivity contribution in [2.45, 2.75) is 26.8 Å². The van der Waals surface area contributed by atoms with Gasteiger partial charge in [0.15, 0.2) is 0 Å². The molecule has 86 valence electrons. The molecular formula is C13H17ClN2. The molecule has 2 nitrogen and oxygen atoms in total. The molecule has 0 aliphatic carbocycles. The molecule has 3 heteroatoms. The number of para-hydroxylation sites is 1. The highest BCUT2D eigenvalue weighted by Crippen LogP contribution is 2.21. The molecule has 0 saturated carbocycles. The van der Waals surface area contributed by atoms with Crippen LogP contribution in [0.3, 0.4) is 0 Å². The Hall–Kier alpha value is -1.28. The zero-order valence-corrected chi connectivity index (χ0v) is 10.7. The second-order valence-corrected chi connectivity index (χ2v) is 4.36. The van der Waals surface area contributed by atoms with Crippen molar-refractivity contribution < 1.29 is 0 Å². The van der Waals surface area contributed by atoms with Crippen LogP contribution >= 0.6 is 11.6 Å². The minimum absolute atomic E-state index is 0.224. The lowest BCUT2D eigenvalue weighted by Gasteiger charge is -2.12. The van der Waals surface area contributed by atoms with E-state index in [-0.39, 0.29) is 6.04 Å². The Morgan fingerprint density at radius 1 is 1.38 bits per heavy atom. The van der Waals surface area contributed by atoms with Gasteiger partial charge in [0.25, 0.3) is 0 Å². The molecule has 0 aliphatic rings. The quantitative estimate of drug-likeness (QED) is 0.619. The van der Waals surface area contributed by atoms with Crippen molar-refractivity contribution >= 4 is 23.1 Å². The number of nitrogens with one attached hydrogen (secondary N) is 1. The van der Waals surface area contributed by atoms with Crippen molar-refractivity contribution in [2.75, 3.05) is 5.32 Å². The van der Waals surface area contributed by atoms with E-state index in [1.807, 2.05) is 45.0 Å². The molecule has 1 N–H and O–H groups in total. The molecule has 0 unspecified atom stereocenters. The number of amidine groups is 1. The van der Waals surface area contributed by atoms with Crippen molar-refractivity contribution in [2.24, 2.45) is 4.99 Å². The Bertz CT molecular complexity index is 408. The van der Waals surface area contributed by atoms with Crippen LogP contribution in [0.25, 0.3) is 0 Å². The number of nitrogens with zero attached hydrogens (tertiary/aromatic N) is 1. The fourth-order valence-electron chi connectivity index (χ4n) is 1.20. The highest BCUT2D eigenvalue weighted by Gasteiger charge is 2.04. The van der Waals surface area contributed by atoms with Crippen LogP contribution in [-0.2, 0) is 0 Å². The van der Waals surface area contributed by atoms with Crippen LogP contribution in [0.15, 0.2) is 41.4 Å². The van der Waals surface area contributed by atoms with Crippen molar-refractivity contribution in [3.05, 3.63) is 41.4 Å². The maximum Gasteiger partial charge on any atom is 0.127 e. The molecule has 0 fully saturated rings. The van der Waals surface area contributed by atoms with E-state index in [1.165, 1.54) is 0 Å². The molecule has 0 amide bonds. The molecule has 0 aromatic heterocycles. The zero-order valence-electron chi connectivity index (χ0n) is 9.92. The molecule has 1 rings (SSSR count). The van der Waals surface area contributed by atoms with Crippen LogP contribution in [0.1, 0.15) is 20.8 Å². The van der Waals surface area contributed by atoms with E-state index in [0.29, 0.717) is 5.02 Å². The predicted molar refractivity (Wildman–Crippen MR) is 72.5 cm³/mol. The Morgan fingerprint density at radius 3 is 2.50 bits per heavy atom. The average molecular weight is 237 g/mol. The van der Waals surface area contributed by atoms with E-state index in [2.05, 4.69) is 16.9 Å². The maximum absolute atomic E-state index is 6.06. The third kappa shape index (κ3) is 3.70. The highest BCUT2D eigenvalue weighted by atomic mass is 35.5. The van der Waals surface area contributed by atoms with Gasteiger partial charge in [-0.2, -0.15) is 0 Å². The maximum atomic E-state index is 6.06. The van der Waals surface area contributed by atoms with Gasteiger partial charge in [-0.1, -0.05) is 30.3 Å². The van der Waals surface area contributed by atoms with Crippen LogP contribution in [0.5, 0.6) is 0 Å². The predicted octanol–water partition coefficient (Wildman–Crippen LogP) is 4.13. The van der Waals surface area contributed by atoms with Crippen molar-refractivity contribution in [3.63, 3.8) is 0 Å². The van der Waals surface area contributed by atoms with Gasteiger partial charge in [-0.25, -0.2) is 0 Å². The molecule has 1 aromatic carbocycles. The molecule has 0 radical (unpaired) electrons. The molecule has 0 heterocycles. The molecule has 0 aliphatic heterocycles. The first-order valence-corrected chi connectivity index (χ1v) is 5.63. The van der Waals surface area contributed by atoms with Crippen molar-refractivity contribution in [1.82, 2.24) is 0 Å². The van der Waals surface area contributed by atoms with E-state index in [1.54, 1.807) is 0 Å². The molecule has 0 bridgehead atoms. The number of benzene rings is 1. The third-order valence-corrected chi connectivity index (χ3v) is 2.25. The van der Waals surface area contributed by atoms with E-state index < -0.39 is 0 Å². The summed E-state index contributed by atoms with van der Waals surface area (Å²) in [5.41, 5.74) is 1.75. The van der Waals surface area contributed by atoms with Gasteiger partial charge in [0, 0.05) is 6.04 Å². The summed E-state index contributed by atoms with van der Waals surface area (Å²) in [7, 11) is 0. The fraction of sp³-hybridized carbons (Fsp3) is 0.308. The lowest BCUT2D eigenvalue weighted by atomic mass is 10.2. The van der Waals surface area contributed by atoms with Gasteiger partial charge >= 0.3 is 0 Å². The highest BCUT2D eigenvalue weighted by molar-refractivity contribution is 6.34. The van der Waals surface area contributed by atoms with Crippen LogP contribution in [0, 0.1) is 0 Å². The summed E-state index contributed by atoms with van der Waals surface area (Å²) in [4.78, 5) is 4.46. The summed E-state index contributed by atoms with van der Waals surface area (Å²) in [5, 5.41) is 3.88. The van der Waals surface area contributed by atoms with Gasteiger partial charge in [-0.15, -0.1) is 0 Å². The number of anilines is 1. The number of rotatable bonds is 3. The first kappa shape index (κ1) is 12.8. The Morgan fingerprint density at radius 2 is 2.00 bits per heavy atom. The fourth-order valence-corrected chi connectivity index (χ4v) is 1.38. The van der Waals surface area contributed by atoms with Crippen molar-refractivity contribution in [3.8, 4) is 0 Å². The van der Waals surface area contributed by atoms with Crippen LogP contribution in [-0.4, -0.2) is 11.9 Å². The van der Waals surface area contributed by atoms with Crippen molar-refractivity contribution in [1.29, 1.82) is 0 Å². The number of hydrogen-bond acceptors (Lipinski definition) is 1. The molecule has 16 heavy (non-hydrogen) atoms. The average Bonchev–Trinajstić information content (AvgIpc) is 2.19. The third-order valence-electron chi connectivity index (χ3n) is 1.92. The van der Waals surface area contributed by atoms with Gasteiger partial charge in [0.2, 0.25) is 0 Å². The van der Waals surface area contributed by atoms with Gasteiger partial charge in [0.05, 0.1) is 10.7 Å². The monoisotopic (exact) mass is 236 g/mol. The summed E-state index contributed by atoms with van der Waals surface area (Å²) in [6.07, 6.45) is 0. The first-order valence-electron chi connectivity index (χ1n) is 5.26. The lowest BCUT2D eigenvalue weighted by molar-refractivity contribution is 0.835. The van der Waals surface area contributed by atoms with E-state index >= 15 is 0 Å². The molecular weight excluding hydrogens is 220 g/mol. The second kappa shape index (κ2) is 5.71. The number of hydrogen-bond donors (Lipinski definition) is 1. The summed E-state index contributed by atoms with van der Waals surface area (Å²) >= 11 is 6.06. The van der Waals surface area contributed by atoms with Gasteiger partial charge in [0.1, 0.15) is 5.84 Å². The minimum atomic E-state index is 0.224. The van der Waals surface area contributed by atoms with E-state index in [4.69, 9.17) is 11.6 Å². The van der Waals surface area contributed by atoms with Gasteiger partial charge in [-0.05, 0) is 38.5 Å². The molecule has 0 saturated heterocycles. The SMILES string of the molecule is C=C(C)C(=NC(C)C)Nc1ccccc1Cl. The largest absolute Gasteiger partial charge is 0.339 e. The summed E-state index contributed by atoms with van der Waals surface area (Å²) in [6.45, 7) is 9.87. The minimum Gasteiger partial charge on any atom is -0.339 e.